The van der Waals surface area contributed by atoms with Gasteiger partial charge in [0, 0.05) is 17.7 Å². The van der Waals surface area contributed by atoms with Crippen molar-refractivity contribution in [3.05, 3.63) is 65.5 Å². The molecule has 0 saturated carbocycles. The lowest BCUT2D eigenvalue weighted by atomic mass is 9.83. The predicted octanol–water partition coefficient (Wildman–Crippen LogP) is 2.29. The van der Waals surface area contributed by atoms with Gasteiger partial charge in [-0.1, -0.05) is 50.2 Å². The molecule has 0 amide bonds. The summed E-state index contributed by atoms with van der Waals surface area (Å²) >= 11 is 0. The first-order chi connectivity index (χ1) is 10.8. The van der Waals surface area contributed by atoms with Gasteiger partial charge in [0.05, 0.1) is 0 Å². The summed E-state index contributed by atoms with van der Waals surface area (Å²) in [6, 6.07) is 13.8. The Bertz CT molecular complexity index is 713. The van der Waals surface area contributed by atoms with E-state index in [4.69, 9.17) is 5.73 Å². The van der Waals surface area contributed by atoms with Crippen LogP contribution < -0.4 is 5.73 Å². The Balaban J connectivity index is 2.30. The molecule has 1 unspecified atom stereocenters. The minimum Gasteiger partial charge on any atom is -0.480 e. The summed E-state index contributed by atoms with van der Waals surface area (Å²) in [6.45, 7) is 3.51. The van der Waals surface area contributed by atoms with Gasteiger partial charge in [-0.25, -0.2) is 4.98 Å². The second kappa shape index (κ2) is 6.71. The molecule has 0 spiro atoms. The first-order valence-corrected chi connectivity index (χ1v) is 7.42. The normalized spacial score (nSPS) is 13.6. The van der Waals surface area contributed by atoms with Crippen LogP contribution in [0.15, 0.2) is 48.5 Å². The van der Waals surface area contributed by atoms with Crippen LogP contribution in [0.3, 0.4) is 0 Å². The highest BCUT2D eigenvalue weighted by Gasteiger charge is 2.38. The Morgan fingerprint density at radius 2 is 1.78 bits per heavy atom. The van der Waals surface area contributed by atoms with Gasteiger partial charge in [0.2, 0.25) is 5.78 Å². The fourth-order valence-electron chi connectivity index (χ4n) is 2.27. The number of carbonyl (C=O) groups excluding carboxylic acids is 1. The van der Waals surface area contributed by atoms with Crippen molar-refractivity contribution < 1.29 is 14.7 Å². The zero-order valence-corrected chi connectivity index (χ0v) is 13.2. The summed E-state index contributed by atoms with van der Waals surface area (Å²) in [5, 5.41) is 9.40. The molecule has 5 heteroatoms. The van der Waals surface area contributed by atoms with E-state index in [1.807, 2.05) is 6.07 Å². The molecule has 1 atom stereocenters. The van der Waals surface area contributed by atoms with Crippen LogP contribution in [-0.4, -0.2) is 27.4 Å². The Morgan fingerprint density at radius 3 is 2.35 bits per heavy atom. The molecule has 1 heterocycles. The van der Waals surface area contributed by atoms with Crippen molar-refractivity contribution in [3.63, 3.8) is 0 Å². The van der Waals surface area contributed by atoms with Gasteiger partial charge in [-0.15, -0.1) is 0 Å². The van der Waals surface area contributed by atoms with Crippen molar-refractivity contribution in [2.75, 3.05) is 0 Å². The monoisotopic (exact) mass is 312 g/mol. The number of carboxylic acids is 1. The average Bonchev–Trinajstić information content (AvgIpc) is 2.54. The van der Waals surface area contributed by atoms with Crippen LogP contribution in [0.4, 0.5) is 0 Å². The number of rotatable bonds is 6. The molecule has 0 fully saturated rings. The van der Waals surface area contributed by atoms with Crippen LogP contribution in [0.5, 0.6) is 0 Å². The number of benzene rings is 1. The molecule has 2 rings (SSSR count). The molecule has 0 bridgehead atoms. The molecule has 0 aliphatic rings. The highest BCUT2D eigenvalue weighted by molar-refractivity contribution is 6.07. The van der Waals surface area contributed by atoms with Crippen LogP contribution >= 0.6 is 0 Å². The molecule has 0 radical (unpaired) electrons. The number of carboxylic acid groups (broad SMARTS) is 1. The third-order valence-corrected chi connectivity index (χ3v) is 3.98. The standard InChI is InChI=1S/C18H20N2O3/c1-12(2)18(19,17(22)23)11-14-9-6-10-15(20-14)16(21)13-7-4-3-5-8-13/h3-10,12H,11,19H2,1-2H3,(H,22,23). The Morgan fingerprint density at radius 1 is 1.13 bits per heavy atom. The van der Waals surface area contributed by atoms with E-state index in [0.29, 0.717) is 11.3 Å². The predicted molar refractivity (Wildman–Crippen MR) is 87.2 cm³/mol. The van der Waals surface area contributed by atoms with E-state index in [1.165, 1.54) is 0 Å². The van der Waals surface area contributed by atoms with E-state index in [1.54, 1.807) is 56.3 Å². The number of aliphatic carboxylic acids is 1. The summed E-state index contributed by atoms with van der Waals surface area (Å²) in [4.78, 5) is 28.2. The van der Waals surface area contributed by atoms with Gasteiger partial charge < -0.3 is 10.8 Å². The Hall–Kier alpha value is -2.53. The van der Waals surface area contributed by atoms with E-state index >= 15 is 0 Å². The summed E-state index contributed by atoms with van der Waals surface area (Å²) in [6.07, 6.45) is 0.0654. The Labute approximate surface area is 135 Å². The summed E-state index contributed by atoms with van der Waals surface area (Å²) in [5.41, 5.74) is 5.93. The van der Waals surface area contributed by atoms with Gasteiger partial charge in [0.1, 0.15) is 11.2 Å². The second-order valence-corrected chi connectivity index (χ2v) is 5.89. The largest absolute Gasteiger partial charge is 0.480 e. The third-order valence-electron chi connectivity index (χ3n) is 3.98. The molecule has 0 aliphatic carbocycles. The van der Waals surface area contributed by atoms with E-state index in [0.717, 1.165) is 0 Å². The maximum atomic E-state index is 12.4. The van der Waals surface area contributed by atoms with Crippen molar-refractivity contribution in [1.82, 2.24) is 4.98 Å². The molecule has 3 N–H and O–H groups in total. The number of hydrogen-bond donors (Lipinski definition) is 2. The highest BCUT2D eigenvalue weighted by Crippen LogP contribution is 2.20. The number of carbonyl (C=O) groups is 2. The molecule has 23 heavy (non-hydrogen) atoms. The van der Waals surface area contributed by atoms with Crippen LogP contribution in [0, 0.1) is 5.92 Å². The molecule has 5 nitrogen and oxygen atoms in total. The van der Waals surface area contributed by atoms with Gasteiger partial charge in [-0.2, -0.15) is 0 Å². The molecular formula is C18H20N2O3. The van der Waals surface area contributed by atoms with Gasteiger partial charge >= 0.3 is 5.97 Å². The quantitative estimate of drug-likeness (QED) is 0.798. The van der Waals surface area contributed by atoms with Crippen molar-refractivity contribution in [2.24, 2.45) is 11.7 Å². The minimum atomic E-state index is -1.42. The Kier molecular flexibility index (Phi) is 4.91. The van der Waals surface area contributed by atoms with E-state index in [-0.39, 0.29) is 23.8 Å². The number of pyridine rings is 1. The minimum absolute atomic E-state index is 0.0654. The van der Waals surface area contributed by atoms with E-state index < -0.39 is 11.5 Å². The average molecular weight is 312 g/mol. The topological polar surface area (TPSA) is 93.3 Å². The fourth-order valence-corrected chi connectivity index (χ4v) is 2.27. The number of hydrogen-bond acceptors (Lipinski definition) is 4. The van der Waals surface area contributed by atoms with Crippen molar-refractivity contribution in [2.45, 2.75) is 25.8 Å². The zero-order valence-electron chi connectivity index (χ0n) is 13.2. The maximum absolute atomic E-state index is 12.4. The van der Waals surface area contributed by atoms with Crippen LogP contribution in [0.1, 0.15) is 35.6 Å². The molecule has 0 aliphatic heterocycles. The molecule has 0 saturated heterocycles. The molecule has 1 aromatic carbocycles. The summed E-state index contributed by atoms with van der Waals surface area (Å²) in [5.74, 6) is -1.54. The lowest BCUT2D eigenvalue weighted by molar-refractivity contribution is -0.145. The number of nitrogens with zero attached hydrogens (tertiary/aromatic N) is 1. The van der Waals surface area contributed by atoms with Gasteiger partial charge in [0.25, 0.3) is 0 Å². The highest BCUT2D eigenvalue weighted by atomic mass is 16.4. The molecule has 2 aromatic rings. The lowest BCUT2D eigenvalue weighted by Crippen LogP contribution is -2.54. The van der Waals surface area contributed by atoms with E-state index in [9.17, 15) is 14.7 Å². The van der Waals surface area contributed by atoms with Crippen molar-refractivity contribution in [3.8, 4) is 0 Å². The zero-order chi connectivity index (χ0) is 17.0. The van der Waals surface area contributed by atoms with Gasteiger partial charge in [-0.05, 0) is 18.1 Å². The summed E-state index contributed by atoms with van der Waals surface area (Å²) in [7, 11) is 0. The van der Waals surface area contributed by atoms with Crippen molar-refractivity contribution in [1.29, 1.82) is 0 Å². The number of ketones is 1. The first kappa shape index (κ1) is 16.8. The number of aromatic nitrogens is 1. The van der Waals surface area contributed by atoms with Gasteiger partial charge in [-0.3, -0.25) is 9.59 Å². The number of nitrogens with two attached hydrogens (primary N) is 1. The van der Waals surface area contributed by atoms with E-state index in [2.05, 4.69) is 4.98 Å². The van der Waals surface area contributed by atoms with Crippen LogP contribution in [-0.2, 0) is 11.2 Å². The third kappa shape index (κ3) is 3.63. The molecule has 1 aromatic heterocycles. The van der Waals surface area contributed by atoms with Crippen molar-refractivity contribution >= 4 is 11.8 Å². The maximum Gasteiger partial charge on any atom is 0.324 e. The molecule has 120 valence electrons. The smallest absolute Gasteiger partial charge is 0.324 e. The summed E-state index contributed by atoms with van der Waals surface area (Å²) < 4.78 is 0. The SMILES string of the molecule is CC(C)C(N)(Cc1cccc(C(=O)c2ccccc2)n1)C(=O)O. The lowest BCUT2D eigenvalue weighted by Gasteiger charge is -2.28. The van der Waals surface area contributed by atoms with Gasteiger partial charge in [0.15, 0.2) is 0 Å². The first-order valence-electron chi connectivity index (χ1n) is 7.42. The fraction of sp³-hybridized carbons (Fsp3) is 0.278. The van der Waals surface area contributed by atoms with Crippen LogP contribution in [0.2, 0.25) is 0 Å². The van der Waals surface area contributed by atoms with Crippen LogP contribution in [0.25, 0.3) is 0 Å². The molecular weight excluding hydrogens is 292 g/mol. The second-order valence-electron chi connectivity index (χ2n) is 5.89.